The summed E-state index contributed by atoms with van der Waals surface area (Å²) in [6.07, 6.45) is -0.445. The summed E-state index contributed by atoms with van der Waals surface area (Å²) in [5.74, 6) is -6.19. The highest BCUT2D eigenvalue weighted by Crippen LogP contribution is 2.20. The number of carbonyl (C=O) groups excluding carboxylic acids is 2. The molecule has 2 rings (SSSR count). The molecular formula is C18H16F3NO3. The number of anilines is 1. The zero-order valence-corrected chi connectivity index (χ0v) is 13.6. The predicted octanol–water partition coefficient (Wildman–Crippen LogP) is 3.85. The summed E-state index contributed by atoms with van der Waals surface area (Å²) >= 11 is 0. The minimum atomic E-state index is -1.70. The summed E-state index contributed by atoms with van der Waals surface area (Å²) in [4.78, 5) is 23.9. The minimum absolute atomic E-state index is 0.260. The van der Waals surface area contributed by atoms with Gasteiger partial charge in [0.1, 0.15) is 0 Å². The average molecular weight is 351 g/mol. The summed E-state index contributed by atoms with van der Waals surface area (Å²) in [6, 6.07) is 8.22. The molecule has 132 valence electrons. The lowest BCUT2D eigenvalue weighted by Crippen LogP contribution is -2.30. The van der Waals surface area contributed by atoms with Crippen molar-refractivity contribution in [2.24, 2.45) is 0 Å². The Bertz CT molecular complexity index is 791. The molecule has 25 heavy (non-hydrogen) atoms. The van der Waals surface area contributed by atoms with Crippen LogP contribution in [0.2, 0.25) is 0 Å². The van der Waals surface area contributed by atoms with Crippen LogP contribution in [0.1, 0.15) is 29.8 Å². The van der Waals surface area contributed by atoms with Gasteiger partial charge in [-0.2, -0.15) is 0 Å². The van der Waals surface area contributed by atoms with Gasteiger partial charge in [-0.1, -0.05) is 19.1 Å². The van der Waals surface area contributed by atoms with Crippen LogP contribution in [-0.2, 0) is 16.0 Å². The minimum Gasteiger partial charge on any atom is -0.449 e. The van der Waals surface area contributed by atoms with E-state index in [1.807, 2.05) is 6.92 Å². The number of amides is 1. The molecule has 1 N–H and O–H groups in total. The number of esters is 1. The van der Waals surface area contributed by atoms with E-state index in [1.54, 1.807) is 24.3 Å². The molecule has 0 heterocycles. The molecule has 4 nitrogen and oxygen atoms in total. The summed E-state index contributed by atoms with van der Waals surface area (Å²) < 4.78 is 44.6. The number of halogens is 3. The summed E-state index contributed by atoms with van der Waals surface area (Å²) in [6.45, 7) is 3.25. The molecule has 0 aromatic heterocycles. The summed E-state index contributed by atoms with van der Waals surface area (Å²) in [7, 11) is 0. The summed E-state index contributed by atoms with van der Waals surface area (Å²) in [5, 5.41) is 2.06. The van der Waals surface area contributed by atoms with Gasteiger partial charge >= 0.3 is 5.97 Å². The highest BCUT2D eigenvalue weighted by Gasteiger charge is 2.21. The molecular weight excluding hydrogens is 335 g/mol. The molecule has 0 aliphatic heterocycles. The van der Waals surface area contributed by atoms with E-state index in [0.29, 0.717) is 6.07 Å². The topological polar surface area (TPSA) is 55.4 Å². The molecule has 1 amide bonds. The average Bonchev–Trinajstić information content (AvgIpc) is 2.62. The molecule has 0 fully saturated rings. The van der Waals surface area contributed by atoms with Gasteiger partial charge < -0.3 is 10.1 Å². The lowest BCUT2D eigenvalue weighted by Gasteiger charge is -2.14. The number of nitrogens with one attached hydrogen (secondary N) is 1. The quantitative estimate of drug-likeness (QED) is 0.658. The number of aryl methyl sites for hydroxylation is 1. The van der Waals surface area contributed by atoms with Gasteiger partial charge in [0.25, 0.3) is 5.91 Å². The van der Waals surface area contributed by atoms with Gasteiger partial charge in [-0.3, -0.25) is 4.79 Å². The first-order chi connectivity index (χ1) is 11.8. The Labute approximate surface area is 142 Å². The van der Waals surface area contributed by atoms with Crippen molar-refractivity contribution < 1.29 is 27.5 Å². The maximum atomic E-state index is 13.5. The van der Waals surface area contributed by atoms with Gasteiger partial charge in [0.15, 0.2) is 23.6 Å². The van der Waals surface area contributed by atoms with E-state index in [-0.39, 0.29) is 5.56 Å². The molecule has 2 aromatic carbocycles. The Hall–Kier alpha value is -2.83. The second-order valence-corrected chi connectivity index (χ2v) is 5.31. The van der Waals surface area contributed by atoms with Crippen LogP contribution in [0.4, 0.5) is 18.9 Å². The SMILES string of the molecule is CCc1ccc(C(=O)O[C@H](C)C(=O)Nc2ccc(F)c(F)c2F)cc1. The Kier molecular flexibility index (Phi) is 5.80. The van der Waals surface area contributed by atoms with Crippen LogP contribution < -0.4 is 5.32 Å². The Morgan fingerprint density at radius 2 is 1.68 bits per heavy atom. The Morgan fingerprint density at radius 1 is 1.04 bits per heavy atom. The first-order valence-electron chi connectivity index (χ1n) is 7.57. The highest BCUT2D eigenvalue weighted by molar-refractivity contribution is 5.97. The molecule has 0 aliphatic carbocycles. The fourth-order valence-corrected chi connectivity index (χ4v) is 2.02. The van der Waals surface area contributed by atoms with Crippen molar-refractivity contribution in [1.82, 2.24) is 0 Å². The monoisotopic (exact) mass is 351 g/mol. The number of ether oxygens (including phenoxy) is 1. The van der Waals surface area contributed by atoms with Crippen LogP contribution in [-0.4, -0.2) is 18.0 Å². The molecule has 0 unspecified atom stereocenters. The lowest BCUT2D eigenvalue weighted by molar-refractivity contribution is -0.123. The molecule has 0 radical (unpaired) electrons. The fraction of sp³-hybridized carbons (Fsp3) is 0.222. The van der Waals surface area contributed by atoms with Crippen molar-refractivity contribution in [1.29, 1.82) is 0 Å². The molecule has 0 spiro atoms. The highest BCUT2D eigenvalue weighted by atomic mass is 19.2. The maximum Gasteiger partial charge on any atom is 0.338 e. The second-order valence-electron chi connectivity index (χ2n) is 5.31. The van der Waals surface area contributed by atoms with Crippen molar-refractivity contribution in [3.8, 4) is 0 Å². The maximum absolute atomic E-state index is 13.5. The zero-order valence-electron chi connectivity index (χ0n) is 13.6. The number of hydrogen-bond donors (Lipinski definition) is 1. The number of hydrogen-bond acceptors (Lipinski definition) is 3. The first kappa shape index (κ1) is 18.5. The van der Waals surface area contributed by atoms with E-state index in [1.165, 1.54) is 6.92 Å². The third kappa shape index (κ3) is 4.37. The smallest absolute Gasteiger partial charge is 0.338 e. The molecule has 7 heteroatoms. The second kappa shape index (κ2) is 7.83. The molecule has 0 saturated carbocycles. The Morgan fingerprint density at radius 3 is 2.28 bits per heavy atom. The van der Waals surface area contributed by atoms with Gasteiger partial charge in [0, 0.05) is 0 Å². The lowest BCUT2D eigenvalue weighted by atomic mass is 10.1. The third-order valence-electron chi connectivity index (χ3n) is 3.54. The van der Waals surface area contributed by atoms with Gasteiger partial charge in [0.05, 0.1) is 11.3 Å². The van der Waals surface area contributed by atoms with E-state index >= 15 is 0 Å². The molecule has 1 atom stereocenters. The number of rotatable bonds is 5. The fourth-order valence-electron chi connectivity index (χ4n) is 2.02. The van der Waals surface area contributed by atoms with E-state index in [2.05, 4.69) is 5.32 Å². The molecule has 2 aromatic rings. The zero-order chi connectivity index (χ0) is 18.6. The third-order valence-corrected chi connectivity index (χ3v) is 3.54. The molecule has 0 aliphatic rings. The van der Waals surface area contributed by atoms with Crippen molar-refractivity contribution in [3.05, 3.63) is 65.0 Å². The summed E-state index contributed by atoms with van der Waals surface area (Å²) in [5.41, 5.74) is 0.756. The first-order valence-corrected chi connectivity index (χ1v) is 7.57. The van der Waals surface area contributed by atoms with E-state index in [4.69, 9.17) is 4.74 Å². The molecule has 0 bridgehead atoms. The molecule has 0 saturated heterocycles. The van der Waals surface area contributed by atoms with Crippen LogP contribution in [0.3, 0.4) is 0 Å². The van der Waals surface area contributed by atoms with Gasteiger partial charge in [-0.05, 0) is 43.2 Å². The van der Waals surface area contributed by atoms with Crippen LogP contribution in [0.15, 0.2) is 36.4 Å². The largest absolute Gasteiger partial charge is 0.449 e. The number of benzene rings is 2. The van der Waals surface area contributed by atoms with Crippen molar-refractivity contribution in [3.63, 3.8) is 0 Å². The van der Waals surface area contributed by atoms with E-state index in [0.717, 1.165) is 18.1 Å². The number of carbonyl (C=O) groups is 2. The van der Waals surface area contributed by atoms with Crippen LogP contribution in [0.5, 0.6) is 0 Å². The van der Waals surface area contributed by atoms with Crippen LogP contribution in [0.25, 0.3) is 0 Å². The standard InChI is InChI=1S/C18H16F3NO3/c1-3-11-4-6-12(7-5-11)18(24)25-10(2)17(23)22-14-9-8-13(19)15(20)16(14)21/h4-10H,3H2,1-2H3,(H,22,23)/t10-/m1/s1. The van der Waals surface area contributed by atoms with Gasteiger partial charge in [0.2, 0.25) is 0 Å². The van der Waals surface area contributed by atoms with E-state index in [9.17, 15) is 22.8 Å². The van der Waals surface area contributed by atoms with Crippen molar-refractivity contribution in [2.45, 2.75) is 26.4 Å². The van der Waals surface area contributed by atoms with Gasteiger partial charge in [-0.15, -0.1) is 0 Å². The van der Waals surface area contributed by atoms with Crippen LogP contribution >= 0.6 is 0 Å². The van der Waals surface area contributed by atoms with E-state index < -0.39 is 41.1 Å². The van der Waals surface area contributed by atoms with Crippen molar-refractivity contribution in [2.75, 3.05) is 5.32 Å². The van der Waals surface area contributed by atoms with Crippen LogP contribution in [0, 0.1) is 17.5 Å². The Balaban J connectivity index is 2.02. The van der Waals surface area contributed by atoms with Crippen molar-refractivity contribution >= 4 is 17.6 Å². The van der Waals surface area contributed by atoms with Gasteiger partial charge in [-0.25, -0.2) is 18.0 Å². The normalized spacial score (nSPS) is 11.7. The predicted molar refractivity (Wildman–Crippen MR) is 85.6 cm³/mol.